The van der Waals surface area contributed by atoms with Gasteiger partial charge in [0.2, 0.25) is 0 Å². The lowest BCUT2D eigenvalue weighted by Crippen LogP contribution is -2.36. The molecule has 24 heavy (non-hydrogen) atoms. The predicted octanol–water partition coefficient (Wildman–Crippen LogP) is 3.67. The molecule has 134 valence electrons. The highest BCUT2D eigenvalue weighted by Gasteiger charge is 2.29. The molecule has 0 N–H and O–H groups in total. The fourth-order valence-corrected chi connectivity index (χ4v) is 2.75. The second kappa shape index (κ2) is 8.37. The van der Waals surface area contributed by atoms with Crippen molar-refractivity contribution < 1.29 is 32.2 Å². The Kier molecular flexibility index (Phi) is 6.48. The third kappa shape index (κ3) is 6.03. The van der Waals surface area contributed by atoms with Crippen molar-refractivity contribution >= 4 is 5.97 Å². The fraction of sp³-hybridized carbons (Fsp3) is 0.588. The molecular weight excluding hydrogens is 325 g/mol. The van der Waals surface area contributed by atoms with Gasteiger partial charge in [-0.2, -0.15) is 13.2 Å². The minimum absolute atomic E-state index is 0.0177. The van der Waals surface area contributed by atoms with Crippen LogP contribution in [0.3, 0.4) is 0 Å². The van der Waals surface area contributed by atoms with Crippen molar-refractivity contribution in [2.24, 2.45) is 0 Å². The number of hydrogen-bond acceptors (Lipinski definition) is 4. The zero-order chi connectivity index (χ0) is 17.6. The van der Waals surface area contributed by atoms with Gasteiger partial charge in [-0.15, -0.1) is 0 Å². The molecule has 2 rings (SSSR count). The van der Waals surface area contributed by atoms with E-state index in [0.29, 0.717) is 5.56 Å². The van der Waals surface area contributed by atoms with Crippen molar-refractivity contribution in [3.05, 3.63) is 29.8 Å². The van der Waals surface area contributed by atoms with Crippen LogP contribution in [0.15, 0.2) is 24.3 Å². The van der Waals surface area contributed by atoms with Crippen molar-refractivity contribution in [2.75, 3.05) is 13.7 Å². The number of halogens is 3. The molecule has 0 radical (unpaired) electrons. The highest BCUT2D eigenvalue weighted by molar-refractivity contribution is 5.73. The van der Waals surface area contributed by atoms with E-state index >= 15 is 0 Å². The normalized spacial score (nSPS) is 21.3. The molecular formula is C17H21F3O4. The zero-order valence-electron chi connectivity index (χ0n) is 13.5. The van der Waals surface area contributed by atoms with Crippen LogP contribution in [-0.4, -0.2) is 38.1 Å². The predicted molar refractivity (Wildman–Crippen MR) is 80.8 cm³/mol. The first-order valence-corrected chi connectivity index (χ1v) is 7.88. The van der Waals surface area contributed by atoms with Gasteiger partial charge in [0.15, 0.2) is 6.61 Å². The third-order valence-corrected chi connectivity index (χ3v) is 3.88. The van der Waals surface area contributed by atoms with Crippen LogP contribution >= 0.6 is 0 Å². The molecule has 0 unspecified atom stereocenters. The van der Waals surface area contributed by atoms with Crippen LogP contribution in [-0.2, 0) is 20.7 Å². The SMILES string of the molecule is CO[C@H]1CCCC[C@H]1OC(=O)Cc1cccc(OCC(F)(F)F)c1. The van der Waals surface area contributed by atoms with Crippen molar-refractivity contribution in [1.82, 2.24) is 0 Å². The number of ether oxygens (including phenoxy) is 3. The Morgan fingerprint density at radius 2 is 1.92 bits per heavy atom. The Hall–Kier alpha value is -1.76. The summed E-state index contributed by atoms with van der Waals surface area (Å²) in [5.74, 6) is -0.345. The summed E-state index contributed by atoms with van der Waals surface area (Å²) in [4.78, 5) is 12.1. The molecule has 1 fully saturated rings. The molecule has 1 aliphatic rings. The van der Waals surface area contributed by atoms with Crippen molar-refractivity contribution in [2.45, 2.75) is 50.5 Å². The van der Waals surface area contributed by atoms with E-state index in [2.05, 4.69) is 4.74 Å². The summed E-state index contributed by atoms with van der Waals surface area (Å²) >= 11 is 0. The van der Waals surface area contributed by atoms with Crippen molar-refractivity contribution in [1.29, 1.82) is 0 Å². The maximum absolute atomic E-state index is 12.2. The van der Waals surface area contributed by atoms with E-state index in [1.165, 1.54) is 12.1 Å². The molecule has 1 aromatic rings. The lowest BCUT2D eigenvalue weighted by atomic mass is 9.94. The Bertz CT molecular complexity index is 545. The summed E-state index contributed by atoms with van der Waals surface area (Å²) in [6, 6.07) is 6.04. The average molecular weight is 346 g/mol. The molecule has 1 saturated carbocycles. The lowest BCUT2D eigenvalue weighted by molar-refractivity contribution is -0.158. The minimum Gasteiger partial charge on any atom is -0.484 e. The molecule has 4 nitrogen and oxygen atoms in total. The number of carbonyl (C=O) groups excluding carboxylic acids is 1. The lowest BCUT2D eigenvalue weighted by Gasteiger charge is -2.29. The first-order chi connectivity index (χ1) is 11.4. The molecule has 0 heterocycles. The molecule has 0 spiro atoms. The van der Waals surface area contributed by atoms with E-state index in [-0.39, 0.29) is 24.4 Å². The van der Waals surface area contributed by atoms with Crippen LogP contribution in [0.1, 0.15) is 31.2 Å². The molecule has 0 saturated heterocycles. The second-order valence-corrected chi connectivity index (χ2v) is 5.81. The third-order valence-electron chi connectivity index (χ3n) is 3.88. The number of carbonyl (C=O) groups is 1. The summed E-state index contributed by atoms with van der Waals surface area (Å²) in [5, 5.41) is 0. The van der Waals surface area contributed by atoms with E-state index in [1.807, 2.05) is 0 Å². The molecule has 1 aromatic carbocycles. The monoisotopic (exact) mass is 346 g/mol. The van der Waals surface area contributed by atoms with Gasteiger partial charge in [-0.3, -0.25) is 4.79 Å². The van der Waals surface area contributed by atoms with Gasteiger partial charge in [0.1, 0.15) is 11.9 Å². The summed E-state index contributed by atoms with van der Waals surface area (Å²) in [5.41, 5.74) is 0.546. The van der Waals surface area contributed by atoms with E-state index in [1.54, 1.807) is 19.2 Å². The number of alkyl halides is 3. The Labute approximate surface area is 138 Å². The van der Waals surface area contributed by atoms with Gasteiger partial charge in [0.05, 0.1) is 12.5 Å². The van der Waals surface area contributed by atoms with Crippen LogP contribution in [0.4, 0.5) is 13.2 Å². The van der Waals surface area contributed by atoms with E-state index < -0.39 is 18.8 Å². The smallest absolute Gasteiger partial charge is 0.422 e. The minimum atomic E-state index is -4.40. The van der Waals surface area contributed by atoms with Crippen LogP contribution in [0.25, 0.3) is 0 Å². The first kappa shape index (κ1) is 18.6. The number of hydrogen-bond donors (Lipinski definition) is 0. The second-order valence-electron chi connectivity index (χ2n) is 5.81. The summed E-state index contributed by atoms with van der Waals surface area (Å²) in [6.45, 7) is -1.36. The number of rotatable bonds is 6. The zero-order valence-corrected chi connectivity index (χ0v) is 13.5. The Morgan fingerprint density at radius 1 is 1.21 bits per heavy atom. The maximum atomic E-state index is 12.2. The quantitative estimate of drug-likeness (QED) is 0.737. The maximum Gasteiger partial charge on any atom is 0.422 e. The average Bonchev–Trinajstić information content (AvgIpc) is 2.53. The van der Waals surface area contributed by atoms with Gasteiger partial charge in [-0.05, 0) is 37.0 Å². The van der Waals surface area contributed by atoms with E-state index in [4.69, 9.17) is 9.47 Å². The first-order valence-electron chi connectivity index (χ1n) is 7.88. The fourth-order valence-electron chi connectivity index (χ4n) is 2.75. The van der Waals surface area contributed by atoms with Crippen LogP contribution < -0.4 is 4.74 Å². The standard InChI is InChI=1S/C17H21F3O4/c1-22-14-7-2-3-8-15(14)24-16(21)10-12-5-4-6-13(9-12)23-11-17(18,19)20/h4-6,9,14-15H,2-3,7-8,10-11H2,1H3/t14-,15+/m0/s1. The van der Waals surface area contributed by atoms with Gasteiger partial charge < -0.3 is 14.2 Å². The summed E-state index contributed by atoms with van der Waals surface area (Å²) in [7, 11) is 1.60. The van der Waals surface area contributed by atoms with E-state index in [9.17, 15) is 18.0 Å². The molecule has 1 aliphatic carbocycles. The Morgan fingerprint density at radius 3 is 2.58 bits per heavy atom. The molecule has 0 bridgehead atoms. The molecule has 2 atom stereocenters. The summed E-state index contributed by atoms with van der Waals surface area (Å²) < 4.78 is 52.0. The molecule has 0 aromatic heterocycles. The molecule has 0 aliphatic heterocycles. The van der Waals surface area contributed by atoms with Crippen LogP contribution in [0, 0.1) is 0 Å². The highest BCUT2D eigenvalue weighted by Crippen LogP contribution is 2.24. The van der Waals surface area contributed by atoms with Gasteiger partial charge in [-0.1, -0.05) is 18.6 Å². The number of methoxy groups -OCH3 is 1. The van der Waals surface area contributed by atoms with Gasteiger partial charge >= 0.3 is 12.1 Å². The van der Waals surface area contributed by atoms with Crippen molar-refractivity contribution in [3.63, 3.8) is 0 Å². The van der Waals surface area contributed by atoms with Crippen molar-refractivity contribution in [3.8, 4) is 5.75 Å². The number of benzene rings is 1. The van der Waals surface area contributed by atoms with Gasteiger partial charge in [0, 0.05) is 7.11 Å². The Balaban J connectivity index is 1.89. The van der Waals surface area contributed by atoms with Crippen LogP contribution in [0.2, 0.25) is 0 Å². The van der Waals surface area contributed by atoms with Crippen LogP contribution in [0.5, 0.6) is 5.75 Å². The largest absolute Gasteiger partial charge is 0.484 e. The molecule has 0 amide bonds. The van der Waals surface area contributed by atoms with Gasteiger partial charge in [0.25, 0.3) is 0 Å². The topological polar surface area (TPSA) is 44.8 Å². The van der Waals surface area contributed by atoms with Gasteiger partial charge in [-0.25, -0.2) is 0 Å². The number of esters is 1. The highest BCUT2D eigenvalue weighted by atomic mass is 19.4. The molecule has 7 heteroatoms. The van der Waals surface area contributed by atoms with E-state index in [0.717, 1.165) is 25.7 Å². The summed E-state index contributed by atoms with van der Waals surface area (Å²) in [6.07, 6.45) is -1.12.